The van der Waals surface area contributed by atoms with Crippen molar-refractivity contribution in [2.24, 2.45) is 5.84 Å². The molecular weight excluding hydrogens is 281 g/mol. The highest BCUT2D eigenvalue weighted by molar-refractivity contribution is 6.42. The van der Waals surface area contributed by atoms with Crippen molar-refractivity contribution >= 4 is 28.9 Å². The predicted molar refractivity (Wildman–Crippen MR) is 81.1 cm³/mol. The summed E-state index contributed by atoms with van der Waals surface area (Å²) >= 11 is 11.9. The average Bonchev–Trinajstić information content (AvgIpc) is 2.41. The highest BCUT2D eigenvalue weighted by atomic mass is 35.5. The van der Waals surface area contributed by atoms with Gasteiger partial charge >= 0.3 is 0 Å². The first-order chi connectivity index (χ1) is 9.11. The lowest BCUT2D eigenvalue weighted by Crippen LogP contribution is -2.30. The number of halogens is 2. The minimum absolute atomic E-state index is 0.0709. The van der Waals surface area contributed by atoms with E-state index in [4.69, 9.17) is 34.8 Å². The molecule has 0 aliphatic carbocycles. The fraction of sp³-hybridized carbons (Fsp3) is 0.143. The molecule has 0 amide bonds. The summed E-state index contributed by atoms with van der Waals surface area (Å²) in [6, 6.07) is 13.1. The molecule has 0 aliphatic rings. The molecule has 0 spiro atoms. The van der Waals surface area contributed by atoms with Crippen molar-refractivity contribution in [1.29, 1.82) is 0 Å². The van der Waals surface area contributed by atoms with Crippen molar-refractivity contribution in [3.63, 3.8) is 0 Å². The molecule has 0 aromatic heterocycles. The largest absolute Gasteiger partial charge is 0.398 e. The van der Waals surface area contributed by atoms with E-state index in [1.54, 1.807) is 6.07 Å². The second-order valence-corrected chi connectivity index (χ2v) is 5.12. The number of nitrogens with one attached hydrogen (secondary N) is 1. The Morgan fingerprint density at radius 3 is 2.42 bits per heavy atom. The lowest BCUT2D eigenvalue weighted by molar-refractivity contribution is 0.553. The Morgan fingerprint density at radius 2 is 1.79 bits per heavy atom. The van der Waals surface area contributed by atoms with Crippen LogP contribution in [-0.4, -0.2) is 0 Å². The number of anilines is 1. The topological polar surface area (TPSA) is 64.1 Å². The summed E-state index contributed by atoms with van der Waals surface area (Å²) in [5, 5.41) is 1.08. The minimum Gasteiger partial charge on any atom is -0.398 e. The van der Waals surface area contributed by atoms with Gasteiger partial charge < -0.3 is 5.73 Å². The normalized spacial score (nSPS) is 12.4. The maximum atomic E-state index is 6.01. The van der Waals surface area contributed by atoms with Gasteiger partial charge in [0, 0.05) is 5.69 Å². The van der Waals surface area contributed by atoms with Crippen LogP contribution in [0.1, 0.15) is 17.2 Å². The number of hydrogen-bond acceptors (Lipinski definition) is 3. The van der Waals surface area contributed by atoms with Gasteiger partial charge in [-0.15, -0.1) is 0 Å². The fourth-order valence-corrected chi connectivity index (χ4v) is 2.31. The molecule has 5 N–H and O–H groups in total. The van der Waals surface area contributed by atoms with Gasteiger partial charge in [-0.3, -0.25) is 11.3 Å². The van der Waals surface area contributed by atoms with E-state index in [1.807, 2.05) is 36.4 Å². The van der Waals surface area contributed by atoms with E-state index in [1.165, 1.54) is 0 Å². The summed E-state index contributed by atoms with van der Waals surface area (Å²) in [4.78, 5) is 0. The summed E-state index contributed by atoms with van der Waals surface area (Å²) < 4.78 is 0. The summed E-state index contributed by atoms with van der Waals surface area (Å²) in [5.41, 5.74) is 11.5. The predicted octanol–water partition coefficient (Wildman–Crippen LogP) is 3.32. The van der Waals surface area contributed by atoms with Crippen LogP contribution in [0.3, 0.4) is 0 Å². The molecule has 0 radical (unpaired) electrons. The van der Waals surface area contributed by atoms with Crippen LogP contribution in [0.25, 0.3) is 0 Å². The van der Waals surface area contributed by atoms with Gasteiger partial charge in [0.25, 0.3) is 0 Å². The Kier molecular flexibility index (Phi) is 4.66. The standard InChI is InChI=1S/C14H15Cl2N3/c15-11-6-5-9(7-12(11)16)8-14(19-18)10-3-1-2-4-13(10)17/h1-7,14,19H,8,17-18H2. The molecule has 0 aliphatic heterocycles. The Bertz CT molecular complexity index is 572. The molecule has 2 aromatic carbocycles. The lowest BCUT2D eigenvalue weighted by Gasteiger charge is -2.18. The van der Waals surface area contributed by atoms with Crippen LogP contribution in [0.2, 0.25) is 10.0 Å². The summed E-state index contributed by atoms with van der Waals surface area (Å²) in [6.07, 6.45) is 0.682. The molecule has 1 unspecified atom stereocenters. The Morgan fingerprint density at radius 1 is 1.05 bits per heavy atom. The first-order valence-corrected chi connectivity index (χ1v) is 6.62. The Labute approximate surface area is 122 Å². The van der Waals surface area contributed by atoms with Gasteiger partial charge in [-0.2, -0.15) is 0 Å². The maximum absolute atomic E-state index is 6.01. The number of para-hydroxylation sites is 1. The number of nitrogen functional groups attached to an aromatic ring is 1. The van der Waals surface area contributed by atoms with Crippen LogP contribution in [0.4, 0.5) is 5.69 Å². The quantitative estimate of drug-likeness (QED) is 0.461. The molecule has 2 aromatic rings. The molecule has 0 saturated carbocycles. The number of hydrogen-bond donors (Lipinski definition) is 3. The third-order valence-corrected chi connectivity index (χ3v) is 3.74. The van der Waals surface area contributed by atoms with Crippen molar-refractivity contribution in [3.05, 3.63) is 63.6 Å². The van der Waals surface area contributed by atoms with Gasteiger partial charge in [-0.05, 0) is 35.7 Å². The zero-order chi connectivity index (χ0) is 13.8. The molecule has 0 heterocycles. The number of rotatable bonds is 4. The number of hydrazine groups is 1. The monoisotopic (exact) mass is 295 g/mol. The molecule has 0 saturated heterocycles. The second kappa shape index (κ2) is 6.26. The van der Waals surface area contributed by atoms with Crippen LogP contribution in [0, 0.1) is 0 Å². The first-order valence-electron chi connectivity index (χ1n) is 5.86. The van der Waals surface area contributed by atoms with Gasteiger partial charge in [-0.1, -0.05) is 47.5 Å². The van der Waals surface area contributed by atoms with E-state index >= 15 is 0 Å². The van der Waals surface area contributed by atoms with E-state index in [-0.39, 0.29) is 6.04 Å². The van der Waals surface area contributed by atoms with Gasteiger partial charge in [0.15, 0.2) is 0 Å². The number of nitrogens with two attached hydrogens (primary N) is 2. The molecular formula is C14H15Cl2N3. The van der Waals surface area contributed by atoms with E-state index in [2.05, 4.69) is 5.43 Å². The van der Waals surface area contributed by atoms with Gasteiger partial charge in [-0.25, -0.2) is 0 Å². The molecule has 0 bridgehead atoms. The molecule has 0 fully saturated rings. The van der Waals surface area contributed by atoms with Gasteiger partial charge in [0.2, 0.25) is 0 Å². The van der Waals surface area contributed by atoms with E-state index < -0.39 is 0 Å². The van der Waals surface area contributed by atoms with E-state index in [9.17, 15) is 0 Å². The van der Waals surface area contributed by atoms with Crippen molar-refractivity contribution < 1.29 is 0 Å². The molecule has 1 atom stereocenters. The third kappa shape index (κ3) is 3.39. The average molecular weight is 296 g/mol. The molecule has 19 heavy (non-hydrogen) atoms. The van der Waals surface area contributed by atoms with Crippen molar-refractivity contribution in [2.45, 2.75) is 12.5 Å². The van der Waals surface area contributed by atoms with Crippen LogP contribution in [-0.2, 0) is 6.42 Å². The molecule has 5 heteroatoms. The van der Waals surface area contributed by atoms with Crippen molar-refractivity contribution in [1.82, 2.24) is 5.43 Å². The highest BCUT2D eigenvalue weighted by Crippen LogP contribution is 2.27. The van der Waals surface area contributed by atoms with Crippen LogP contribution in [0.15, 0.2) is 42.5 Å². The molecule has 100 valence electrons. The first kappa shape index (κ1) is 14.2. The second-order valence-electron chi connectivity index (χ2n) is 4.30. The highest BCUT2D eigenvalue weighted by Gasteiger charge is 2.13. The minimum atomic E-state index is -0.0709. The van der Waals surface area contributed by atoms with Crippen LogP contribution in [0.5, 0.6) is 0 Å². The maximum Gasteiger partial charge on any atom is 0.0595 e. The van der Waals surface area contributed by atoms with E-state index in [0.717, 1.165) is 11.1 Å². The molecule has 2 rings (SSSR count). The number of benzene rings is 2. The van der Waals surface area contributed by atoms with E-state index in [0.29, 0.717) is 22.2 Å². The van der Waals surface area contributed by atoms with Crippen molar-refractivity contribution in [2.75, 3.05) is 5.73 Å². The smallest absolute Gasteiger partial charge is 0.0595 e. The summed E-state index contributed by atoms with van der Waals surface area (Å²) in [5.74, 6) is 5.62. The van der Waals surface area contributed by atoms with Gasteiger partial charge in [0.05, 0.1) is 16.1 Å². The lowest BCUT2D eigenvalue weighted by atomic mass is 9.98. The Balaban J connectivity index is 2.24. The summed E-state index contributed by atoms with van der Waals surface area (Å²) in [6.45, 7) is 0. The third-order valence-electron chi connectivity index (χ3n) is 3.00. The van der Waals surface area contributed by atoms with Crippen LogP contribution < -0.4 is 17.0 Å². The SMILES string of the molecule is NNC(Cc1ccc(Cl)c(Cl)c1)c1ccccc1N. The van der Waals surface area contributed by atoms with Crippen molar-refractivity contribution in [3.8, 4) is 0 Å². The van der Waals surface area contributed by atoms with Crippen LogP contribution >= 0.6 is 23.2 Å². The molecule has 3 nitrogen and oxygen atoms in total. The fourth-order valence-electron chi connectivity index (χ4n) is 1.99. The Hall–Kier alpha value is -1.26. The zero-order valence-electron chi connectivity index (χ0n) is 10.2. The van der Waals surface area contributed by atoms with Gasteiger partial charge in [0.1, 0.15) is 0 Å². The summed E-state index contributed by atoms with van der Waals surface area (Å²) in [7, 11) is 0. The zero-order valence-corrected chi connectivity index (χ0v) is 11.7.